The summed E-state index contributed by atoms with van der Waals surface area (Å²) in [6.45, 7) is 5.00. The maximum absolute atomic E-state index is 13.0. The first-order valence-corrected chi connectivity index (χ1v) is 17.4. The van der Waals surface area contributed by atoms with Gasteiger partial charge in [0, 0.05) is 54.7 Å². The van der Waals surface area contributed by atoms with Gasteiger partial charge in [-0.3, -0.25) is 9.35 Å². The molecule has 2 saturated heterocycles. The molecule has 6 fully saturated rings. The molecule has 0 aromatic heterocycles. The smallest absolute Gasteiger partial charge is 0.294 e. The Hall–Kier alpha value is -3.12. The minimum Gasteiger partial charge on any atom is -0.336 e. The zero-order valence-corrected chi connectivity index (χ0v) is 26.2. The van der Waals surface area contributed by atoms with Crippen molar-refractivity contribution < 1.29 is 32.3 Å². The average Bonchev–Trinajstić information content (AvgIpc) is 3.47. The van der Waals surface area contributed by atoms with Crippen molar-refractivity contribution >= 4 is 16.0 Å². The van der Waals surface area contributed by atoms with Crippen LogP contribution in [0.4, 0.5) is 0 Å². The molecule has 1 spiro atoms. The molecule has 6 aliphatic rings. The second kappa shape index (κ2) is 11.9. The van der Waals surface area contributed by atoms with E-state index in [4.69, 9.17) is 19.1 Å². The second-order valence-electron chi connectivity index (χ2n) is 13.2. The third-order valence-corrected chi connectivity index (χ3v) is 11.1. The van der Waals surface area contributed by atoms with Crippen LogP contribution in [0.15, 0.2) is 83.8 Å². The molecule has 1 amide bonds. The predicted octanol–water partition coefficient (Wildman–Crippen LogP) is 5.31. The van der Waals surface area contributed by atoms with Crippen LogP contribution in [-0.2, 0) is 30.4 Å². The van der Waals surface area contributed by atoms with Gasteiger partial charge in [0.15, 0.2) is 0 Å². The Morgan fingerprint density at radius 3 is 1.96 bits per heavy atom. The lowest BCUT2D eigenvalue weighted by Crippen LogP contribution is -2.59. The number of rotatable bonds is 4. The maximum Gasteiger partial charge on any atom is 0.294 e. The third kappa shape index (κ3) is 5.73. The minimum absolute atomic E-state index is 0.0666. The van der Waals surface area contributed by atoms with E-state index in [0.717, 1.165) is 54.7 Å². The molecule has 3 aromatic carbocycles. The molecule has 4 bridgehead atoms. The van der Waals surface area contributed by atoms with Gasteiger partial charge in [0.1, 0.15) is 0 Å². The summed E-state index contributed by atoms with van der Waals surface area (Å²) in [6, 6.07) is 23.8. The Balaban J connectivity index is 0.000000252. The van der Waals surface area contributed by atoms with Crippen molar-refractivity contribution in [1.82, 2.24) is 10.2 Å². The number of carbonyl (C=O) groups is 1. The van der Waals surface area contributed by atoms with E-state index in [9.17, 15) is 13.2 Å². The first-order valence-electron chi connectivity index (χ1n) is 15.9. The molecule has 45 heavy (non-hydrogen) atoms. The Morgan fingerprint density at radius 1 is 0.800 bits per heavy atom. The number of hydrogen-bond donors (Lipinski definition) is 2. The summed E-state index contributed by atoms with van der Waals surface area (Å²) in [5, 5.41) is 3.30. The lowest BCUT2D eigenvalue weighted by Gasteiger charge is -2.57. The highest BCUT2D eigenvalue weighted by Gasteiger charge is 2.67. The molecule has 4 saturated carbocycles. The van der Waals surface area contributed by atoms with E-state index in [1.807, 2.05) is 66.4 Å². The molecule has 2 aliphatic heterocycles. The summed E-state index contributed by atoms with van der Waals surface area (Å²) in [5.41, 5.74) is 3.43. The minimum atomic E-state index is -4.02. The monoisotopic (exact) mass is 632 g/mol. The summed E-state index contributed by atoms with van der Waals surface area (Å²) < 4.78 is 36.6. The molecule has 0 radical (unpaired) electrons. The second-order valence-corrected chi connectivity index (χ2v) is 14.6. The van der Waals surface area contributed by atoms with Crippen molar-refractivity contribution in [2.45, 2.75) is 55.5 Å². The van der Waals surface area contributed by atoms with E-state index in [-0.39, 0.29) is 10.8 Å². The third-order valence-electron chi connectivity index (χ3n) is 10.3. The van der Waals surface area contributed by atoms with E-state index in [1.54, 1.807) is 12.1 Å². The summed E-state index contributed by atoms with van der Waals surface area (Å²) in [4.78, 5) is 27.4. The van der Waals surface area contributed by atoms with Crippen LogP contribution in [0.3, 0.4) is 0 Å². The van der Waals surface area contributed by atoms with Gasteiger partial charge in [-0.25, -0.2) is 0 Å². The lowest BCUT2D eigenvalue weighted by atomic mass is 9.53. The molecule has 3 aromatic rings. The van der Waals surface area contributed by atoms with Crippen LogP contribution in [-0.4, -0.2) is 55.7 Å². The molecule has 1 atom stereocenters. The fourth-order valence-corrected chi connectivity index (χ4v) is 8.64. The zero-order valence-electron chi connectivity index (χ0n) is 25.4. The number of ether oxygens (including phenoxy) is 1. The number of aryl methyl sites for hydroxylation is 1. The van der Waals surface area contributed by atoms with Crippen molar-refractivity contribution in [3.05, 3.63) is 101 Å². The maximum atomic E-state index is 13.0. The predicted molar refractivity (Wildman–Crippen MR) is 166 cm³/mol. The molecule has 9 nitrogen and oxygen atoms in total. The van der Waals surface area contributed by atoms with Gasteiger partial charge in [-0.2, -0.15) is 18.2 Å². The topological polar surface area (TPSA) is 114 Å². The number of hydrogen-bond acceptors (Lipinski definition) is 7. The van der Waals surface area contributed by atoms with Gasteiger partial charge in [-0.15, -0.1) is 0 Å². The van der Waals surface area contributed by atoms with E-state index in [0.29, 0.717) is 17.4 Å². The molecule has 10 heteroatoms. The Bertz CT molecular complexity index is 1590. The van der Waals surface area contributed by atoms with Gasteiger partial charge >= 0.3 is 0 Å². The van der Waals surface area contributed by atoms with Crippen molar-refractivity contribution in [1.29, 1.82) is 0 Å². The molecule has 1 unspecified atom stereocenters. The standard InChI is InChI=1S/C28H32N2O4.C7H8O3S/c31-26(30-12-10-29-11-13-30)21-6-8-23(9-7-21)27(22-4-2-1-3-5-22)32-28(34-33-27)24-15-19-14-20(17-24)18-25(28)16-19;1-6-2-4-7(5-3-6)11(8,9)10/h1-9,19-20,24-25,29H,10-18H2;2-5H,1H3,(H,8,9,10). The summed E-state index contributed by atoms with van der Waals surface area (Å²) in [5.74, 6) is 0.630. The van der Waals surface area contributed by atoms with Crippen molar-refractivity contribution in [3.63, 3.8) is 0 Å². The van der Waals surface area contributed by atoms with E-state index in [2.05, 4.69) is 5.32 Å². The van der Waals surface area contributed by atoms with Crippen molar-refractivity contribution in [2.75, 3.05) is 26.2 Å². The number of nitrogens with one attached hydrogen (secondary N) is 1. The average molecular weight is 633 g/mol. The number of amides is 1. The SMILES string of the molecule is Cc1ccc(S(=O)(=O)O)cc1.O=C(c1ccc(C2(c3ccccc3)OOC3(O2)C2CC4CC(C2)CC3C4)cc1)N1CCNCC1. The highest BCUT2D eigenvalue weighted by atomic mass is 32.2. The van der Waals surface area contributed by atoms with Gasteiger partial charge < -0.3 is 15.0 Å². The van der Waals surface area contributed by atoms with E-state index < -0.39 is 21.7 Å². The van der Waals surface area contributed by atoms with E-state index >= 15 is 0 Å². The summed E-state index contributed by atoms with van der Waals surface area (Å²) in [7, 11) is -4.02. The Morgan fingerprint density at radius 2 is 1.38 bits per heavy atom. The number of carbonyl (C=O) groups excluding carboxylic acids is 1. The van der Waals surface area contributed by atoms with Crippen LogP contribution < -0.4 is 5.32 Å². The summed E-state index contributed by atoms with van der Waals surface area (Å²) in [6.07, 6.45) is 6.04. The first kappa shape index (κ1) is 30.5. The Labute approximate surface area is 264 Å². The quantitative estimate of drug-likeness (QED) is 0.294. The Kier molecular flexibility index (Phi) is 8.08. The highest BCUT2D eigenvalue weighted by Crippen LogP contribution is 2.64. The summed E-state index contributed by atoms with van der Waals surface area (Å²) >= 11 is 0. The van der Waals surface area contributed by atoms with Crippen LogP contribution in [0, 0.1) is 30.6 Å². The molecular formula is C35H40N2O7S. The molecule has 2 N–H and O–H groups in total. The zero-order chi connectivity index (χ0) is 31.2. The fraction of sp³-hybridized carbons (Fsp3) is 0.457. The first-order chi connectivity index (χ1) is 21.7. The number of nitrogens with zero attached hydrogens (tertiary/aromatic N) is 1. The van der Waals surface area contributed by atoms with Gasteiger partial charge in [-0.1, -0.05) is 60.2 Å². The van der Waals surface area contributed by atoms with Gasteiger partial charge in [0.05, 0.1) is 4.90 Å². The van der Waals surface area contributed by atoms with Crippen molar-refractivity contribution in [2.24, 2.45) is 23.7 Å². The largest absolute Gasteiger partial charge is 0.336 e. The molecular weight excluding hydrogens is 592 g/mol. The molecule has 2 heterocycles. The van der Waals surface area contributed by atoms with Crippen LogP contribution in [0.2, 0.25) is 0 Å². The van der Waals surface area contributed by atoms with Crippen LogP contribution in [0.1, 0.15) is 59.2 Å². The van der Waals surface area contributed by atoms with Crippen molar-refractivity contribution in [3.8, 4) is 0 Å². The van der Waals surface area contributed by atoms with Crippen LogP contribution >= 0.6 is 0 Å². The van der Waals surface area contributed by atoms with Gasteiger partial charge in [0.2, 0.25) is 5.79 Å². The fourth-order valence-electron chi connectivity index (χ4n) is 8.16. The normalized spacial score (nSPS) is 31.9. The van der Waals surface area contributed by atoms with Gasteiger partial charge in [-0.05, 0) is 75.1 Å². The van der Waals surface area contributed by atoms with Crippen LogP contribution in [0.5, 0.6) is 0 Å². The highest BCUT2D eigenvalue weighted by molar-refractivity contribution is 7.85. The number of benzene rings is 3. The van der Waals surface area contributed by atoms with Gasteiger partial charge in [0.25, 0.3) is 21.8 Å². The number of piperazine rings is 1. The molecule has 238 valence electrons. The van der Waals surface area contributed by atoms with E-state index in [1.165, 1.54) is 44.2 Å². The molecule has 9 rings (SSSR count). The van der Waals surface area contributed by atoms with Crippen LogP contribution in [0.25, 0.3) is 0 Å². The lowest BCUT2D eigenvalue weighted by molar-refractivity contribution is -0.387. The molecule has 4 aliphatic carbocycles.